The van der Waals surface area contributed by atoms with Gasteiger partial charge in [-0.3, -0.25) is 19.2 Å². The Labute approximate surface area is 166 Å². The Kier molecular flexibility index (Phi) is 6.26. The average molecular weight is 389 g/mol. The average Bonchev–Trinajstić information content (AvgIpc) is 3.38. The molecule has 1 N–H and O–H groups in total. The van der Waals surface area contributed by atoms with Gasteiger partial charge in [0.15, 0.2) is 0 Å². The first-order valence-electron chi connectivity index (χ1n) is 10.8. The van der Waals surface area contributed by atoms with Gasteiger partial charge in [-0.2, -0.15) is 5.10 Å². The summed E-state index contributed by atoms with van der Waals surface area (Å²) in [7, 11) is 0. The van der Waals surface area contributed by atoms with Crippen LogP contribution in [-0.2, 0) is 4.79 Å². The molecule has 0 aliphatic carbocycles. The highest BCUT2D eigenvalue weighted by Crippen LogP contribution is 2.17. The monoisotopic (exact) mass is 388 g/mol. The number of amides is 2. The molecule has 1 aromatic rings. The predicted octanol–water partition coefficient (Wildman–Crippen LogP) is 0.578. The second kappa shape index (κ2) is 9.05. The molecule has 0 spiro atoms. The molecule has 3 fully saturated rings. The van der Waals surface area contributed by atoms with Gasteiger partial charge in [0.25, 0.3) is 5.91 Å². The zero-order valence-corrected chi connectivity index (χ0v) is 16.7. The summed E-state index contributed by atoms with van der Waals surface area (Å²) in [6.45, 7) is 7.25. The molecule has 3 aliphatic heterocycles. The Morgan fingerprint density at radius 3 is 2.61 bits per heavy atom. The molecule has 1 aromatic heterocycles. The quantitative estimate of drug-likeness (QED) is 0.817. The molecule has 4 heterocycles. The molecule has 28 heavy (non-hydrogen) atoms. The van der Waals surface area contributed by atoms with E-state index < -0.39 is 0 Å². The number of carbonyl (C=O) groups is 2. The molecule has 1 atom stereocenters. The van der Waals surface area contributed by atoms with Crippen molar-refractivity contribution in [2.24, 2.45) is 0 Å². The third kappa shape index (κ3) is 4.55. The Morgan fingerprint density at radius 1 is 1.00 bits per heavy atom. The molecule has 0 radical (unpaired) electrons. The second-order valence-electron chi connectivity index (χ2n) is 8.19. The minimum absolute atomic E-state index is 0.00948. The Balaban J connectivity index is 1.30. The topological polar surface area (TPSA) is 73.7 Å². The number of hydrogen-bond acceptors (Lipinski definition) is 5. The maximum absolute atomic E-state index is 12.9. The number of nitrogens with zero attached hydrogens (tertiary/aromatic N) is 5. The van der Waals surface area contributed by atoms with Gasteiger partial charge in [0.1, 0.15) is 5.69 Å². The maximum atomic E-state index is 12.9. The van der Waals surface area contributed by atoms with E-state index in [1.165, 1.54) is 0 Å². The largest absolute Gasteiger partial charge is 0.342 e. The van der Waals surface area contributed by atoms with Gasteiger partial charge in [-0.15, -0.1) is 0 Å². The third-order valence-electron chi connectivity index (χ3n) is 6.17. The van der Waals surface area contributed by atoms with Gasteiger partial charge >= 0.3 is 0 Å². The summed E-state index contributed by atoms with van der Waals surface area (Å²) in [5.74, 6) is 0.243. The van der Waals surface area contributed by atoms with E-state index in [1.54, 1.807) is 0 Å². The molecule has 4 rings (SSSR count). The third-order valence-corrected chi connectivity index (χ3v) is 6.17. The van der Waals surface area contributed by atoms with Crippen molar-refractivity contribution < 1.29 is 9.59 Å². The summed E-state index contributed by atoms with van der Waals surface area (Å²) >= 11 is 0. The van der Waals surface area contributed by atoms with Crippen LogP contribution in [0.3, 0.4) is 0 Å². The van der Waals surface area contributed by atoms with Crippen LogP contribution in [0, 0.1) is 0 Å². The lowest BCUT2D eigenvalue weighted by molar-refractivity contribution is -0.131. The number of aromatic nitrogens is 2. The van der Waals surface area contributed by atoms with Crippen molar-refractivity contribution in [2.75, 3.05) is 58.9 Å². The summed E-state index contributed by atoms with van der Waals surface area (Å²) in [6, 6.07) is 2.18. The van der Waals surface area contributed by atoms with Crippen molar-refractivity contribution in [3.63, 3.8) is 0 Å². The standard InChI is InChI=1S/C20H32N6O2/c27-19(24-9-1-2-10-24)16-23-8-4-11-25(14-13-23)20(28)18-6-12-26(22-18)17-5-3-7-21-15-17/h6,12,17,21H,1-5,7-11,13-16H2. The summed E-state index contributed by atoms with van der Waals surface area (Å²) in [6.07, 6.45) is 7.32. The first kappa shape index (κ1) is 19.4. The molecule has 154 valence electrons. The molecule has 0 bridgehead atoms. The zero-order chi connectivity index (χ0) is 19.3. The van der Waals surface area contributed by atoms with Crippen LogP contribution in [0.5, 0.6) is 0 Å². The minimum atomic E-state index is 0.00948. The van der Waals surface area contributed by atoms with Crippen molar-refractivity contribution in [3.8, 4) is 0 Å². The van der Waals surface area contributed by atoms with Crippen molar-refractivity contribution >= 4 is 11.8 Å². The SMILES string of the molecule is O=C(CN1CCCN(C(=O)c2ccn(C3CCCNC3)n2)CC1)N1CCCC1. The lowest BCUT2D eigenvalue weighted by Gasteiger charge is -2.24. The molecule has 3 saturated heterocycles. The zero-order valence-electron chi connectivity index (χ0n) is 16.7. The molecule has 3 aliphatic rings. The molecule has 8 nitrogen and oxygen atoms in total. The van der Waals surface area contributed by atoms with Crippen molar-refractivity contribution in [3.05, 3.63) is 18.0 Å². The van der Waals surface area contributed by atoms with Crippen LogP contribution in [0.4, 0.5) is 0 Å². The number of rotatable bonds is 4. The molecule has 8 heteroatoms. The van der Waals surface area contributed by atoms with E-state index in [9.17, 15) is 9.59 Å². The normalized spacial score (nSPS) is 24.4. The van der Waals surface area contributed by atoms with Crippen molar-refractivity contribution in [2.45, 2.75) is 38.1 Å². The maximum Gasteiger partial charge on any atom is 0.274 e. The lowest BCUT2D eigenvalue weighted by Crippen LogP contribution is -2.41. The van der Waals surface area contributed by atoms with E-state index in [2.05, 4.69) is 15.3 Å². The van der Waals surface area contributed by atoms with E-state index in [-0.39, 0.29) is 11.8 Å². The first-order valence-corrected chi connectivity index (χ1v) is 10.8. The second-order valence-corrected chi connectivity index (χ2v) is 8.19. The minimum Gasteiger partial charge on any atom is -0.342 e. The highest BCUT2D eigenvalue weighted by atomic mass is 16.2. The Morgan fingerprint density at radius 2 is 1.82 bits per heavy atom. The number of nitrogens with one attached hydrogen (secondary N) is 1. The lowest BCUT2D eigenvalue weighted by atomic mass is 10.1. The van der Waals surface area contributed by atoms with Crippen LogP contribution in [-0.4, -0.2) is 95.2 Å². The molecule has 0 saturated carbocycles. The summed E-state index contributed by atoms with van der Waals surface area (Å²) in [5.41, 5.74) is 0.534. The fourth-order valence-electron chi connectivity index (χ4n) is 4.47. The van der Waals surface area contributed by atoms with Gasteiger partial charge in [-0.05, 0) is 44.7 Å². The van der Waals surface area contributed by atoms with E-state index >= 15 is 0 Å². The molecule has 0 aromatic carbocycles. The number of hydrogen-bond donors (Lipinski definition) is 1. The molecule has 2 amide bonds. The summed E-state index contributed by atoms with van der Waals surface area (Å²) in [5, 5.41) is 7.96. The van der Waals surface area contributed by atoms with Gasteiger partial charge in [0.2, 0.25) is 5.91 Å². The highest BCUT2D eigenvalue weighted by Gasteiger charge is 2.26. The molecular weight excluding hydrogens is 356 g/mol. The van der Waals surface area contributed by atoms with Gasteiger partial charge < -0.3 is 15.1 Å². The van der Waals surface area contributed by atoms with Gasteiger partial charge in [-0.25, -0.2) is 0 Å². The smallest absolute Gasteiger partial charge is 0.274 e. The van der Waals surface area contributed by atoms with Crippen LogP contribution >= 0.6 is 0 Å². The van der Waals surface area contributed by atoms with E-state index in [1.807, 2.05) is 26.7 Å². The van der Waals surface area contributed by atoms with Gasteiger partial charge in [0.05, 0.1) is 12.6 Å². The van der Waals surface area contributed by atoms with Crippen molar-refractivity contribution in [1.82, 2.24) is 29.8 Å². The highest BCUT2D eigenvalue weighted by molar-refractivity contribution is 5.92. The first-order chi connectivity index (χ1) is 13.7. The van der Waals surface area contributed by atoms with Crippen LogP contribution in [0.1, 0.15) is 48.6 Å². The van der Waals surface area contributed by atoms with Crippen LogP contribution in [0.25, 0.3) is 0 Å². The van der Waals surface area contributed by atoms with Gasteiger partial charge in [-0.1, -0.05) is 0 Å². The fourth-order valence-corrected chi connectivity index (χ4v) is 4.47. The van der Waals surface area contributed by atoms with Gasteiger partial charge in [0, 0.05) is 52.0 Å². The Bertz CT molecular complexity index is 678. The van der Waals surface area contributed by atoms with Crippen molar-refractivity contribution in [1.29, 1.82) is 0 Å². The molecule has 1 unspecified atom stereocenters. The number of carbonyl (C=O) groups excluding carboxylic acids is 2. The summed E-state index contributed by atoms with van der Waals surface area (Å²) < 4.78 is 1.94. The van der Waals surface area contributed by atoms with E-state index in [4.69, 9.17) is 0 Å². The van der Waals surface area contributed by atoms with Crippen LogP contribution in [0.15, 0.2) is 12.3 Å². The number of likely N-dealkylation sites (tertiary alicyclic amines) is 1. The van der Waals surface area contributed by atoms with E-state index in [0.717, 1.165) is 77.9 Å². The number of piperidine rings is 1. The van der Waals surface area contributed by atoms with Crippen LogP contribution < -0.4 is 5.32 Å². The van der Waals surface area contributed by atoms with E-state index in [0.29, 0.717) is 24.8 Å². The molecular formula is C20H32N6O2. The van der Waals surface area contributed by atoms with Crippen LogP contribution in [0.2, 0.25) is 0 Å². The predicted molar refractivity (Wildman–Crippen MR) is 106 cm³/mol. The Hall–Kier alpha value is -1.93. The fraction of sp³-hybridized carbons (Fsp3) is 0.750. The summed E-state index contributed by atoms with van der Waals surface area (Å²) in [4.78, 5) is 31.4.